The predicted octanol–water partition coefficient (Wildman–Crippen LogP) is 3.39. The summed E-state index contributed by atoms with van der Waals surface area (Å²) in [5.74, 6) is 1.76. The lowest BCUT2D eigenvalue weighted by atomic mass is 10.2. The Labute approximate surface area is 166 Å². The van der Waals surface area contributed by atoms with Crippen LogP contribution in [0.3, 0.4) is 0 Å². The number of ether oxygens (including phenoxy) is 3. The Bertz CT molecular complexity index is 958. The minimum atomic E-state index is -0.277. The second-order valence-corrected chi connectivity index (χ2v) is 6.68. The highest BCUT2D eigenvalue weighted by Crippen LogP contribution is 2.31. The van der Waals surface area contributed by atoms with Gasteiger partial charge >= 0.3 is 0 Å². The number of nitrogens with zero attached hydrogens (tertiary/aromatic N) is 2. The zero-order valence-electron chi connectivity index (χ0n) is 14.9. The topological polar surface area (TPSA) is 74.6 Å². The maximum Gasteiger partial charge on any atom is 0.262 e. The molecule has 0 radical (unpaired) electrons. The fourth-order valence-electron chi connectivity index (χ4n) is 2.77. The molecule has 1 N–H and O–H groups in total. The van der Waals surface area contributed by atoms with E-state index in [0.717, 1.165) is 11.5 Å². The third kappa shape index (κ3) is 4.55. The molecule has 3 aromatic rings. The first kappa shape index (κ1) is 18.2. The average Bonchev–Trinajstić information content (AvgIpc) is 3.14. The lowest BCUT2D eigenvalue weighted by molar-refractivity contribution is -0.118. The summed E-state index contributed by atoms with van der Waals surface area (Å²) in [6, 6.07) is 14.4. The van der Waals surface area contributed by atoms with Crippen molar-refractivity contribution in [3.63, 3.8) is 0 Å². The second kappa shape index (κ2) is 8.22. The summed E-state index contributed by atoms with van der Waals surface area (Å²) >= 11 is 5.82. The summed E-state index contributed by atoms with van der Waals surface area (Å²) in [7, 11) is 0. The molecule has 144 valence electrons. The van der Waals surface area contributed by atoms with E-state index in [1.165, 1.54) is 0 Å². The molecule has 2 heterocycles. The van der Waals surface area contributed by atoms with E-state index >= 15 is 0 Å². The first-order chi connectivity index (χ1) is 13.7. The van der Waals surface area contributed by atoms with Crippen LogP contribution in [0, 0.1) is 0 Å². The molecule has 1 aliphatic rings. The SMILES string of the molecule is O=C(COc1ccc(Cl)cc1)Nc1cnn(CC2COc3ccccc3O2)c1. The Kier molecular flexibility index (Phi) is 5.34. The number of aromatic nitrogens is 2. The molecule has 1 aromatic heterocycles. The van der Waals surface area contributed by atoms with Crippen LogP contribution in [0.25, 0.3) is 0 Å². The average molecular weight is 400 g/mol. The highest BCUT2D eigenvalue weighted by Gasteiger charge is 2.21. The van der Waals surface area contributed by atoms with Gasteiger partial charge in [0.15, 0.2) is 24.2 Å². The molecule has 1 amide bonds. The lowest BCUT2D eigenvalue weighted by Crippen LogP contribution is -2.33. The molecule has 0 saturated carbocycles. The van der Waals surface area contributed by atoms with E-state index in [9.17, 15) is 4.79 Å². The third-order valence-electron chi connectivity index (χ3n) is 4.06. The van der Waals surface area contributed by atoms with Crippen LogP contribution in [-0.2, 0) is 11.3 Å². The van der Waals surface area contributed by atoms with Crippen molar-refractivity contribution in [2.45, 2.75) is 12.6 Å². The molecule has 0 bridgehead atoms. The number of fused-ring (bicyclic) bond motifs is 1. The standard InChI is InChI=1S/C20H18ClN3O4/c21-14-5-7-16(8-6-14)26-13-20(25)23-15-9-22-24(10-15)11-17-12-27-18-3-1-2-4-19(18)28-17/h1-10,17H,11-13H2,(H,23,25). The summed E-state index contributed by atoms with van der Waals surface area (Å²) in [4.78, 5) is 12.0. The second-order valence-electron chi connectivity index (χ2n) is 6.24. The van der Waals surface area contributed by atoms with Crippen molar-refractivity contribution in [3.05, 3.63) is 65.9 Å². The summed E-state index contributed by atoms with van der Waals surface area (Å²) in [6.45, 7) is 0.835. The van der Waals surface area contributed by atoms with E-state index < -0.39 is 0 Å². The van der Waals surface area contributed by atoms with Crippen LogP contribution in [0.4, 0.5) is 5.69 Å². The smallest absolute Gasteiger partial charge is 0.262 e. The molecule has 1 unspecified atom stereocenters. The Morgan fingerprint density at radius 2 is 2.00 bits per heavy atom. The number of carbonyl (C=O) groups is 1. The van der Waals surface area contributed by atoms with Gasteiger partial charge in [-0.1, -0.05) is 23.7 Å². The molecule has 0 aliphatic carbocycles. The zero-order chi connectivity index (χ0) is 19.3. The van der Waals surface area contributed by atoms with Gasteiger partial charge in [0.25, 0.3) is 5.91 Å². The third-order valence-corrected chi connectivity index (χ3v) is 4.31. The summed E-state index contributed by atoms with van der Waals surface area (Å²) in [6.07, 6.45) is 3.16. The van der Waals surface area contributed by atoms with Crippen LogP contribution in [0.2, 0.25) is 5.02 Å². The molecule has 0 saturated heterocycles. The molecule has 1 atom stereocenters. The molecular weight excluding hydrogens is 382 g/mol. The highest BCUT2D eigenvalue weighted by atomic mass is 35.5. The number of nitrogens with one attached hydrogen (secondary N) is 1. The van der Waals surface area contributed by atoms with Crippen molar-refractivity contribution >= 4 is 23.2 Å². The van der Waals surface area contributed by atoms with Crippen LogP contribution in [0.1, 0.15) is 0 Å². The largest absolute Gasteiger partial charge is 0.486 e. The molecule has 28 heavy (non-hydrogen) atoms. The monoisotopic (exact) mass is 399 g/mol. The molecule has 1 aliphatic heterocycles. The van der Waals surface area contributed by atoms with E-state index in [4.69, 9.17) is 25.8 Å². The van der Waals surface area contributed by atoms with Gasteiger partial charge in [-0.05, 0) is 36.4 Å². The Morgan fingerprint density at radius 1 is 1.21 bits per heavy atom. The quantitative estimate of drug-likeness (QED) is 0.687. The van der Waals surface area contributed by atoms with E-state index in [1.54, 1.807) is 41.3 Å². The number of para-hydroxylation sites is 2. The van der Waals surface area contributed by atoms with Crippen LogP contribution in [0.15, 0.2) is 60.9 Å². The maximum absolute atomic E-state index is 12.0. The van der Waals surface area contributed by atoms with Crippen molar-refractivity contribution in [2.24, 2.45) is 0 Å². The van der Waals surface area contributed by atoms with E-state index in [0.29, 0.717) is 29.6 Å². The normalized spacial score (nSPS) is 15.1. The number of benzene rings is 2. The van der Waals surface area contributed by atoms with E-state index in [-0.39, 0.29) is 18.6 Å². The number of hydrogen-bond donors (Lipinski definition) is 1. The first-order valence-electron chi connectivity index (χ1n) is 8.75. The fourth-order valence-corrected chi connectivity index (χ4v) is 2.89. The minimum absolute atomic E-state index is 0.108. The fraction of sp³-hybridized carbons (Fsp3) is 0.200. The minimum Gasteiger partial charge on any atom is -0.486 e. The van der Waals surface area contributed by atoms with Crippen LogP contribution in [-0.4, -0.2) is 35.0 Å². The first-order valence-corrected chi connectivity index (χ1v) is 9.13. The number of amides is 1. The number of hydrogen-bond acceptors (Lipinski definition) is 5. The molecule has 0 spiro atoms. The van der Waals surface area contributed by atoms with Crippen LogP contribution in [0.5, 0.6) is 17.2 Å². The maximum atomic E-state index is 12.0. The molecule has 8 heteroatoms. The van der Waals surface area contributed by atoms with Gasteiger partial charge in [0, 0.05) is 11.2 Å². The van der Waals surface area contributed by atoms with Crippen LogP contribution < -0.4 is 19.5 Å². The Balaban J connectivity index is 1.27. The van der Waals surface area contributed by atoms with Gasteiger partial charge in [-0.3, -0.25) is 9.48 Å². The van der Waals surface area contributed by atoms with Gasteiger partial charge in [0.1, 0.15) is 12.4 Å². The van der Waals surface area contributed by atoms with Gasteiger partial charge in [-0.25, -0.2) is 0 Å². The number of carbonyl (C=O) groups excluding carboxylic acids is 1. The number of anilines is 1. The number of halogens is 1. The van der Waals surface area contributed by atoms with E-state index in [2.05, 4.69) is 10.4 Å². The van der Waals surface area contributed by atoms with Gasteiger partial charge < -0.3 is 19.5 Å². The summed E-state index contributed by atoms with van der Waals surface area (Å²) in [5.41, 5.74) is 0.585. The van der Waals surface area contributed by atoms with Crippen molar-refractivity contribution < 1.29 is 19.0 Å². The van der Waals surface area contributed by atoms with Crippen molar-refractivity contribution in [3.8, 4) is 17.2 Å². The zero-order valence-corrected chi connectivity index (χ0v) is 15.6. The number of rotatable bonds is 6. The van der Waals surface area contributed by atoms with Crippen molar-refractivity contribution in [2.75, 3.05) is 18.5 Å². The van der Waals surface area contributed by atoms with Gasteiger partial charge in [-0.2, -0.15) is 5.10 Å². The lowest BCUT2D eigenvalue weighted by Gasteiger charge is -2.26. The molecule has 0 fully saturated rings. The van der Waals surface area contributed by atoms with Gasteiger partial charge in [-0.15, -0.1) is 0 Å². The predicted molar refractivity (Wildman–Crippen MR) is 104 cm³/mol. The summed E-state index contributed by atoms with van der Waals surface area (Å²) in [5, 5.41) is 7.62. The van der Waals surface area contributed by atoms with Gasteiger partial charge in [0.2, 0.25) is 0 Å². The molecule has 7 nitrogen and oxygen atoms in total. The Morgan fingerprint density at radius 3 is 2.82 bits per heavy atom. The van der Waals surface area contributed by atoms with Crippen LogP contribution >= 0.6 is 11.6 Å². The van der Waals surface area contributed by atoms with Gasteiger partial charge in [0.05, 0.1) is 18.4 Å². The highest BCUT2D eigenvalue weighted by molar-refractivity contribution is 6.30. The summed E-state index contributed by atoms with van der Waals surface area (Å²) < 4.78 is 18.7. The van der Waals surface area contributed by atoms with Crippen molar-refractivity contribution in [1.82, 2.24) is 9.78 Å². The molecule has 4 rings (SSSR count). The molecular formula is C20H18ClN3O4. The molecule has 2 aromatic carbocycles. The van der Waals surface area contributed by atoms with Crippen molar-refractivity contribution in [1.29, 1.82) is 0 Å². The van der Waals surface area contributed by atoms with E-state index in [1.807, 2.05) is 24.3 Å². The Hall–Kier alpha value is -3.19.